The molecule has 0 radical (unpaired) electrons. The number of amides is 1. The van der Waals surface area contributed by atoms with Crippen molar-refractivity contribution < 1.29 is 17.6 Å². The first-order valence-electron chi connectivity index (χ1n) is 9.11. The lowest BCUT2D eigenvalue weighted by Gasteiger charge is -2.33. The summed E-state index contributed by atoms with van der Waals surface area (Å²) in [6.07, 6.45) is 0. The molecule has 150 valence electrons. The molecule has 28 heavy (non-hydrogen) atoms. The van der Waals surface area contributed by atoms with Gasteiger partial charge in [-0.25, -0.2) is 12.8 Å². The number of nitrogens with zero attached hydrogens (tertiary/aromatic N) is 2. The summed E-state index contributed by atoms with van der Waals surface area (Å²) in [6, 6.07) is 11.2. The van der Waals surface area contributed by atoms with Crippen molar-refractivity contribution >= 4 is 21.6 Å². The highest BCUT2D eigenvalue weighted by atomic mass is 32.2. The van der Waals surface area contributed by atoms with Gasteiger partial charge in [0.1, 0.15) is 10.7 Å². The third-order valence-electron chi connectivity index (χ3n) is 4.66. The predicted molar refractivity (Wildman–Crippen MR) is 106 cm³/mol. The lowest BCUT2D eigenvalue weighted by atomic mass is 10.1. The summed E-state index contributed by atoms with van der Waals surface area (Å²) in [6.45, 7) is 5.37. The van der Waals surface area contributed by atoms with Crippen LogP contribution in [0.5, 0.6) is 0 Å². The number of nitrogens with one attached hydrogen (secondary N) is 1. The van der Waals surface area contributed by atoms with E-state index in [-0.39, 0.29) is 30.4 Å². The molecule has 2 aromatic rings. The van der Waals surface area contributed by atoms with Crippen molar-refractivity contribution in [2.45, 2.75) is 18.7 Å². The van der Waals surface area contributed by atoms with E-state index in [1.807, 2.05) is 36.9 Å². The monoisotopic (exact) mass is 405 g/mol. The van der Waals surface area contributed by atoms with E-state index in [2.05, 4.69) is 5.32 Å². The second-order valence-electron chi connectivity index (χ2n) is 7.04. The Morgan fingerprint density at radius 3 is 2.25 bits per heavy atom. The van der Waals surface area contributed by atoms with Gasteiger partial charge in [-0.2, -0.15) is 4.31 Å². The zero-order chi connectivity index (χ0) is 20.3. The van der Waals surface area contributed by atoms with Crippen molar-refractivity contribution in [3.05, 3.63) is 59.4 Å². The highest BCUT2D eigenvalue weighted by molar-refractivity contribution is 7.89. The van der Waals surface area contributed by atoms with E-state index in [0.29, 0.717) is 13.1 Å². The molecular formula is C20H24FN3O3S. The van der Waals surface area contributed by atoms with Crippen LogP contribution in [0.1, 0.15) is 11.1 Å². The molecule has 1 saturated heterocycles. The molecular weight excluding hydrogens is 381 g/mol. The largest absolute Gasteiger partial charge is 0.325 e. The molecule has 0 bridgehead atoms. The number of benzene rings is 2. The van der Waals surface area contributed by atoms with E-state index in [9.17, 15) is 17.6 Å². The van der Waals surface area contributed by atoms with E-state index in [1.54, 1.807) is 0 Å². The molecule has 0 atom stereocenters. The molecule has 0 aliphatic carbocycles. The van der Waals surface area contributed by atoms with Gasteiger partial charge in [-0.05, 0) is 49.2 Å². The fourth-order valence-corrected chi connectivity index (χ4v) is 4.86. The number of rotatable bonds is 5. The number of anilines is 1. The van der Waals surface area contributed by atoms with Crippen LogP contribution < -0.4 is 5.32 Å². The summed E-state index contributed by atoms with van der Waals surface area (Å²) in [5.74, 6) is -0.895. The Bertz CT molecular complexity index is 950. The fourth-order valence-electron chi connectivity index (χ4n) is 3.37. The SMILES string of the molecule is Cc1cc(C)cc(NC(=O)CN2CCN(S(=O)(=O)c3ccccc3F)CC2)c1. The first-order chi connectivity index (χ1) is 13.3. The van der Waals surface area contributed by atoms with Gasteiger partial charge in [-0.1, -0.05) is 18.2 Å². The molecule has 1 N–H and O–H groups in total. The van der Waals surface area contributed by atoms with Crippen LogP contribution in [0.3, 0.4) is 0 Å². The average molecular weight is 405 g/mol. The van der Waals surface area contributed by atoms with E-state index in [4.69, 9.17) is 0 Å². The minimum Gasteiger partial charge on any atom is -0.325 e. The third-order valence-corrected chi connectivity index (χ3v) is 6.59. The van der Waals surface area contributed by atoms with Gasteiger partial charge in [0.05, 0.1) is 6.54 Å². The maximum atomic E-state index is 13.9. The zero-order valence-electron chi connectivity index (χ0n) is 16.0. The smallest absolute Gasteiger partial charge is 0.246 e. The molecule has 2 aromatic carbocycles. The van der Waals surface area contributed by atoms with Crippen LogP contribution in [0.4, 0.5) is 10.1 Å². The average Bonchev–Trinajstić information content (AvgIpc) is 2.61. The number of sulfonamides is 1. The van der Waals surface area contributed by atoms with Gasteiger partial charge < -0.3 is 5.32 Å². The number of carbonyl (C=O) groups excluding carboxylic acids is 1. The maximum Gasteiger partial charge on any atom is 0.246 e. The van der Waals surface area contributed by atoms with Gasteiger partial charge in [0, 0.05) is 31.9 Å². The molecule has 8 heteroatoms. The van der Waals surface area contributed by atoms with Gasteiger partial charge in [0.15, 0.2) is 0 Å². The second kappa shape index (κ2) is 8.38. The first kappa shape index (κ1) is 20.4. The molecule has 0 unspecified atom stereocenters. The number of piperazine rings is 1. The van der Waals surface area contributed by atoms with Crippen LogP contribution >= 0.6 is 0 Å². The van der Waals surface area contributed by atoms with Gasteiger partial charge in [-0.15, -0.1) is 0 Å². The van der Waals surface area contributed by atoms with E-state index in [1.165, 1.54) is 22.5 Å². The number of carbonyl (C=O) groups is 1. The minimum absolute atomic E-state index is 0.143. The molecule has 1 heterocycles. The van der Waals surface area contributed by atoms with E-state index >= 15 is 0 Å². The standard InChI is InChI=1S/C20H24FN3O3S/c1-15-11-16(2)13-17(12-15)22-20(25)14-23-7-9-24(10-8-23)28(26,27)19-6-4-3-5-18(19)21/h3-6,11-13H,7-10,14H2,1-2H3,(H,22,25). The molecule has 1 aliphatic rings. The maximum absolute atomic E-state index is 13.9. The molecule has 1 fully saturated rings. The van der Waals surface area contributed by atoms with Crippen molar-refractivity contribution in [1.82, 2.24) is 9.21 Å². The van der Waals surface area contributed by atoms with Gasteiger partial charge in [-0.3, -0.25) is 9.69 Å². The lowest BCUT2D eigenvalue weighted by molar-refractivity contribution is -0.117. The van der Waals surface area contributed by atoms with Crippen molar-refractivity contribution in [3.63, 3.8) is 0 Å². The third kappa shape index (κ3) is 4.76. The Kier molecular flexibility index (Phi) is 6.12. The van der Waals surface area contributed by atoms with Crippen LogP contribution in [0.2, 0.25) is 0 Å². The van der Waals surface area contributed by atoms with Crippen LogP contribution in [0.25, 0.3) is 0 Å². The summed E-state index contributed by atoms with van der Waals surface area (Å²) < 4.78 is 40.4. The number of hydrogen-bond acceptors (Lipinski definition) is 4. The molecule has 1 aliphatic heterocycles. The molecule has 0 spiro atoms. The summed E-state index contributed by atoms with van der Waals surface area (Å²) >= 11 is 0. The second-order valence-corrected chi connectivity index (χ2v) is 8.94. The van der Waals surface area contributed by atoms with Crippen LogP contribution in [0.15, 0.2) is 47.4 Å². The molecule has 6 nitrogen and oxygen atoms in total. The first-order valence-corrected chi connectivity index (χ1v) is 10.5. The minimum atomic E-state index is -3.87. The molecule has 0 saturated carbocycles. The summed E-state index contributed by atoms with van der Waals surface area (Å²) in [5, 5.41) is 2.88. The van der Waals surface area contributed by atoms with Crippen molar-refractivity contribution in [1.29, 1.82) is 0 Å². The Morgan fingerprint density at radius 2 is 1.64 bits per heavy atom. The molecule has 1 amide bonds. The Morgan fingerprint density at radius 1 is 1.04 bits per heavy atom. The normalized spacial score (nSPS) is 16.1. The summed E-state index contributed by atoms with van der Waals surface area (Å²) in [7, 11) is -3.87. The van der Waals surface area contributed by atoms with Gasteiger partial charge in [0.25, 0.3) is 0 Å². The zero-order valence-corrected chi connectivity index (χ0v) is 16.8. The summed E-state index contributed by atoms with van der Waals surface area (Å²) in [4.78, 5) is 13.9. The van der Waals surface area contributed by atoms with Crippen molar-refractivity contribution in [3.8, 4) is 0 Å². The number of halogens is 1. The van der Waals surface area contributed by atoms with E-state index in [0.717, 1.165) is 22.9 Å². The van der Waals surface area contributed by atoms with Crippen molar-refractivity contribution in [2.24, 2.45) is 0 Å². The highest BCUT2D eigenvalue weighted by Gasteiger charge is 2.30. The van der Waals surface area contributed by atoms with Gasteiger partial charge in [0.2, 0.25) is 15.9 Å². The lowest BCUT2D eigenvalue weighted by Crippen LogP contribution is -2.50. The van der Waals surface area contributed by atoms with Crippen LogP contribution in [-0.2, 0) is 14.8 Å². The Balaban J connectivity index is 1.56. The highest BCUT2D eigenvalue weighted by Crippen LogP contribution is 2.20. The number of aryl methyl sites for hydroxylation is 2. The topological polar surface area (TPSA) is 69.7 Å². The van der Waals surface area contributed by atoms with E-state index < -0.39 is 15.8 Å². The molecule has 0 aromatic heterocycles. The molecule has 3 rings (SSSR count). The summed E-state index contributed by atoms with van der Waals surface area (Å²) in [5.41, 5.74) is 2.90. The van der Waals surface area contributed by atoms with Gasteiger partial charge >= 0.3 is 0 Å². The van der Waals surface area contributed by atoms with Crippen LogP contribution in [-0.4, -0.2) is 56.3 Å². The quantitative estimate of drug-likeness (QED) is 0.829. The van der Waals surface area contributed by atoms with Crippen LogP contribution in [0, 0.1) is 19.7 Å². The Labute approximate surface area is 165 Å². The van der Waals surface area contributed by atoms with Crippen molar-refractivity contribution in [2.75, 3.05) is 38.0 Å². The Hall–Kier alpha value is -2.29. The predicted octanol–water partition coefficient (Wildman–Crippen LogP) is 2.39. The number of hydrogen-bond donors (Lipinski definition) is 1. The fraction of sp³-hybridized carbons (Fsp3) is 0.350.